The number of benzene rings is 2. The molecule has 150 valence electrons. The standard InChI is InChI=1S/C23H25N3O3/c27-21(16-26-22(28)13-19-5-1-2-6-20(19)23(26)29)24-14-17-7-9-18(10-8-17)15-25-11-3-4-12-25/h1-2,5-10H,3-4,11-16H2,(H,24,27)/p+1. The summed E-state index contributed by atoms with van der Waals surface area (Å²) in [5.74, 6) is -1.07. The molecule has 2 aliphatic rings. The van der Waals surface area contributed by atoms with Crippen molar-refractivity contribution in [1.82, 2.24) is 10.2 Å². The lowest BCUT2D eigenvalue weighted by Crippen LogP contribution is -3.08. The maximum atomic E-state index is 12.5. The van der Waals surface area contributed by atoms with Crippen LogP contribution in [-0.4, -0.2) is 42.3 Å². The van der Waals surface area contributed by atoms with E-state index in [4.69, 9.17) is 0 Å². The van der Waals surface area contributed by atoms with Gasteiger partial charge >= 0.3 is 0 Å². The maximum absolute atomic E-state index is 12.5. The fraction of sp³-hybridized carbons (Fsp3) is 0.348. The Labute approximate surface area is 170 Å². The second kappa shape index (κ2) is 8.57. The zero-order valence-electron chi connectivity index (χ0n) is 16.4. The van der Waals surface area contributed by atoms with Crippen LogP contribution in [0.3, 0.4) is 0 Å². The predicted octanol–water partition coefficient (Wildman–Crippen LogP) is 0.707. The van der Waals surface area contributed by atoms with Gasteiger partial charge in [0.15, 0.2) is 0 Å². The molecule has 0 bridgehead atoms. The summed E-state index contributed by atoms with van der Waals surface area (Å²) in [5.41, 5.74) is 3.52. The van der Waals surface area contributed by atoms with Crippen molar-refractivity contribution in [1.29, 1.82) is 0 Å². The van der Waals surface area contributed by atoms with Gasteiger partial charge < -0.3 is 10.2 Å². The van der Waals surface area contributed by atoms with E-state index < -0.39 is 5.91 Å². The van der Waals surface area contributed by atoms with E-state index in [1.807, 2.05) is 12.1 Å². The monoisotopic (exact) mass is 392 g/mol. The molecule has 2 aromatic carbocycles. The van der Waals surface area contributed by atoms with Gasteiger partial charge in [0, 0.05) is 30.5 Å². The minimum Gasteiger partial charge on any atom is -0.350 e. The third-order valence-electron chi connectivity index (χ3n) is 5.71. The van der Waals surface area contributed by atoms with Crippen LogP contribution >= 0.6 is 0 Å². The Bertz CT molecular complexity index is 917. The van der Waals surface area contributed by atoms with E-state index in [1.54, 1.807) is 29.2 Å². The number of hydrogen-bond donors (Lipinski definition) is 2. The molecule has 29 heavy (non-hydrogen) atoms. The number of carbonyl (C=O) groups is 3. The first-order chi connectivity index (χ1) is 14.1. The molecule has 0 radical (unpaired) electrons. The van der Waals surface area contributed by atoms with Crippen LogP contribution in [0.2, 0.25) is 0 Å². The zero-order chi connectivity index (χ0) is 20.2. The van der Waals surface area contributed by atoms with Gasteiger partial charge in [-0.2, -0.15) is 0 Å². The molecule has 0 unspecified atom stereocenters. The normalized spacial score (nSPS) is 16.8. The quantitative estimate of drug-likeness (QED) is 0.712. The van der Waals surface area contributed by atoms with Gasteiger partial charge in [-0.1, -0.05) is 42.5 Å². The van der Waals surface area contributed by atoms with Gasteiger partial charge in [0.05, 0.1) is 19.5 Å². The van der Waals surface area contributed by atoms with Crippen LogP contribution in [0.15, 0.2) is 48.5 Å². The Balaban J connectivity index is 1.30. The second-order valence-electron chi connectivity index (χ2n) is 7.85. The van der Waals surface area contributed by atoms with Crippen LogP contribution in [0, 0.1) is 0 Å². The van der Waals surface area contributed by atoms with Gasteiger partial charge in [0.25, 0.3) is 5.91 Å². The molecule has 0 aliphatic carbocycles. The van der Waals surface area contributed by atoms with E-state index >= 15 is 0 Å². The van der Waals surface area contributed by atoms with Crippen molar-refractivity contribution in [2.45, 2.75) is 32.4 Å². The number of imide groups is 1. The number of fused-ring (bicyclic) bond motifs is 1. The topological polar surface area (TPSA) is 70.9 Å². The first kappa shape index (κ1) is 19.3. The molecular weight excluding hydrogens is 366 g/mol. The molecule has 6 nitrogen and oxygen atoms in total. The third-order valence-corrected chi connectivity index (χ3v) is 5.71. The van der Waals surface area contributed by atoms with Crippen molar-refractivity contribution in [2.75, 3.05) is 19.6 Å². The highest BCUT2D eigenvalue weighted by Gasteiger charge is 2.31. The second-order valence-corrected chi connectivity index (χ2v) is 7.85. The van der Waals surface area contributed by atoms with Gasteiger partial charge in [0.1, 0.15) is 13.1 Å². The van der Waals surface area contributed by atoms with Gasteiger partial charge in [-0.15, -0.1) is 0 Å². The first-order valence-electron chi connectivity index (χ1n) is 10.2. The molecule has 1 fully saturated rings. The molecule has 2 aromatic rings. The van der Waals surface area contributed by atoms with E-state index in [0.717, 1.165) is 22.6 Å². The lowest BCUT2D eigenvalue weighted by Gasteiger charge is -2.26. The van der Waals surface area contributed by atoms with Crippen LogP contribution in [0.4, 0.5) is 0 Å². The van der Waals surface area contributed by atoms with Crippen molar-refractivity contribution in [3.8, 4) is 0 Å². The molecule has 2 N–H and O–H groups in total. The van der Waals surface area contributed by atoms with E-state index in [1.165, 1.54) is 31.5 Å². The van der Waals surface area contributed by atoms with Gasteiger partial charge in [-0.25, -0.2) is 0 Å². The summed E-state index contributed by atoms with van der Waals surface area (Å²) in [4.78, 5) is 39.8. The first-order valence-corrected chi connectivity index (χ1v) is 10.2. The van der Waals surface area contributed by atoms with E-state index in [2.05, 4.69) is 17.4 Å². The minimum absolute atomic E-state index is 0.148. The number of carbonyl (C=O) groups excluding carboxylic acids is 3. The van der Waals surface area contributed by atoms with E-state index in [0.29, 0.717) is 12.1 Å². The molecule has 3 amide bonds. The fourth-order valence-electron chi connectivity index (χ4n) is 4.08. The SMILES string of the molecule is O=C(CN1C(=O)Cc2ccccc2C1=O)NCc1ccc(C[NH+]2CCCC2)cc1. The number of nitrogens with one attached hydrogen (secondary N) is 2. The molecule has 4 rings (SSSR count). The summed E-state index contributed by atoms with van der Waals surface area (Å²) in [6.07, 6.45) is 2.77. The van der Waals surface area contributed by atoms with Gasteiger partial charge in [-0.05, 0) is 17.2 Å². The number of hydrogen-bond acceptors (Lipinski definition) is 3. The smallest absolute Gasteiger partial charge is 0.261 e. The molecule has 2 aliphatic heterocycles. The van der Waals surface area contributed by atoms with E-state index in [9.17, 15) is 14.4 Å². The summed E-state index contributed by atoms with van der Waals surface area (Å²) in [7, 11) is 0. The molecule has 0 atom stereocenters. The van der Waals surface area contributed by atoms with Crippen LogP contribution in [0.5, 0.6) is 0 Å². The highest BCUT2D eigenvalue weighted by Crippen LogP contribution is 2.19. The average molecular weight is 392 g/mol. The lowest BCUT2D eigenvalue weighted by molar-refractivity contribution is -0.901. The minimum atomic E-state index is -0.402. The summed E-state index contributed by atoms with van der Waals surface area (Å²) in [6, 6.07) is 15.3. The summed E-state index contributed by atoms with van der Waals surface area (Å²) < 4.78 is 0. The van der Waals surface area contributed by atoms with Crippen LogP contribution in [0.25, 0.3) is 0 Å². The van der Waals surface area contributed by atoms with Crippen LogP contribution < -0.4 is 10.2 Å². The molecule has 2 heterocycles. The largest absolute Gasteiger partial charge is 0.350 e. The highest BCUT2D eigenvalue weighted by atomic mass is 16.2. The molecular formula is C23H26N3O3+. The highest BCUT2D eigenvalue weighted by molar-refractivity contribution is 6.11. The van der Waals surface area contributed by atoms with Crippen molar-refractivity contribution in [2.24, 2.45) is 0 Å². The Morgan fingerprint density at radius 2 is 1.66 bits per heavy atom. The molecule has 1 saturated heterocycles. The Morgan fingerprint density at radius 1 is 0.966 bits per heavy atom. The molecule has 0 aromatic heterocycles. The Kier molecular flexibility index (Phi) is 5.71. The summed E-state index contributed by atoms with van der Waals surface area (Å²) >= 11 is 0. The number of likely N-dealkylation sites (tertiary alicyclic amines) is 1. The molecule has 0 saturated carbocycles. The van der Waals surface area contributed by atoms with E-state index in [-0.39, 0.29) is 24.8 Å². The number of nitrogens with zero attached hydrogens (tertiary/aromatic N) is 1. The molecule has 6 heteroatoms. The average Bonchev–Trinajstić information content (AvgIpc) is 3.24. The zero-order valence-corrected chi connectivity index (χ0v) is 16.4. The lowest BCUT2D eigenvalue weighted by atomic mass is 9.98. The van der Waals surface area contributed by atoms with Gasteiger partial charge in [0.2, 0.25) is 11.8 Å². The third kappa shape index (κ3) is 4.54. The van der Waals surface area contributed by atoms with Crippen molar-refractivity contribution in [3.63, 3.8) is 0 Å². The summed E-state index contributed by atoms with van der Waals surface area (Å²) in [6.45, 7) is 3.67. The molecule has 0 spiro atoms. The fourth-order valence-corrected chi connectivity index (χ4v) is 4.08. The number of quaternary nitrogens is 1. The maximum Gasteiger partial charge on any atom is 0.261 e. The van der Waals surface area contributed by atoms with Crippen molar-refractivity contribution >= 4 is 17.7 Å². The van der Waals surface area contributed by atoms with Crippen molar-refractivity contribution < 1.29 is 19.3 Å². The van der Waals surface area contributed by atoms with Crippen LogP contribution in [0.1, 0.15) is 39.9 Å². The Morgan fingerprint density at radius 3 is 2.41 bits per heavy atom. The predicted molar refractivity (Wildman–Crippen MR) is 108 cm³/mol. The van der Waals surface area contributed by atoms with Crippen LogP contribution in [-0.2, 0) is 29.1 Å². The summed E-state index contributed by atoms with van der Waals surface area (Å²) in [5, 5.41) is 2.81. The van der Waals surface area contributed by atoms with Gasteiger partial charge in [-0.3, -0.25) is 19.3 Å². The number of rotatable bonds is 6. The Hall–Kier alpha value is -2.99. The van der Waals surface area contributed by atoms with Crippen molar-refractivity contribution in [3.05, 3.63) is 70.8 Å². The number of amides is 3.